The van der Waals surface area contributed by atoms with Crippen molar-refractivity contribution in [2.75, 3.05) is 37.0 Å². The fraction of sp³-hybridized carbons (Fsp3) is 0.370. The first kappa shape index (κ1) is 24.5. The van der Waals surface area contributed by atoms with E-state index in [4.69, 9.17) is 14.8 Å². The third-order valence-electron chi connectivity index (χ3n) is 7.34. The van der Waals surface area contributed by atoms with Gasteiger partial charge in [-0.2, -0.15) is 9.50 Å². The summed E-state index contributed by atoms with van der Waals surface area (Å²) >= 11 is 1.61. The molecule has 1 aromatic carbocycles. The highest BCUT2D eigenvalue weighted by atomic mass is 32.2. The topological polar surface area (TPSA) is 100 Å². The van der Waals surface area contributed by atoms with Crippen molar-refractivity contribution in [3.63, 3.8) is 0 Å². The first-order chi connectivity index (χ1) is 18.5. The van der Waals surface area contributed by atoms with E-state index in [2.05, 4.69) is 61.9 Å². The van der Waals surface area contributed by atoms with Gasteiger partial charge in [0.25, 0.3) is 5.78 Å². The Morgan fingerprint density at radius 3 is 2.82 bits per heavy atom. The lowest BCUT2D eigenvalue weighted by molar-refractivity contribution is 0.365. The van der Waals surface area contributed by atoms with Crippen LogP contribution < -0.4 is 14.5 Å². The minimum absolute atomic E-state index is 0.271. The third kappa shape index (κ3) is 4.62. The van der Waals surface area contributed by atoms with Crippen molar-refractivity contribution in [2.24, 2.45) is 5.92 Å². The summed E-state index contributed by atoms with van der Waals surface area (Å²) < 4.78 is 7.16. The van der Waals surface area contributed by atoms with Gasteiger partial charge in [-0.15, -0.1) is 5.10 Å². The molecular formula is C27H31N9OS. The van der Waals surface area contributed by atoms with E-state index in [1.54, 1.807) is 25.2 Å². The number of thioether (sulfide) groups is 1. The first-order valence-corrected chi connectivity index (χ1v) is 13.7. The fourth-order valence-electron chi connectivity index (χ4n) is 5.16. The number of rotatable bonds is 7. The van der Waals surface area contributed by atoms with Crippen molar-refractivity contribution >= 4 is 40.2 Å². The van der Waals surface area contributed by atoms with E-state index < -0.39 is 0 Å². The molecule has 10 nitrogen and oxygen atoms in total. The molecule has 4 aromatic heterocycles. The molecule has 38 heavy (non-hydrogen) atoms. The number of piperidine rings is 1. The minimum Gasteiger partial charge on any atom is -0.497 e. The van der Waals surface area contributed by atoms with Crippen LogP contribution in [0.25, 0.3) is 16.8 Å². The summed E-state index contributed by atoms with van der Waals surface area (Å²) in [5.41, 5.74) is 2.98. The molecule has 0 saturated carbocycles. The normalized spacial score (nSPS) is 17.8. The monoisotopic (exact) mass is 529 g/mol. The molecule has 6 rings (SSSR count). The van der Waals surface area contributed by atoms with Gasteiger partial charge < -0.3 is 19.5 Å². The Labute approximate surface area is 225 Å². The number of hydrogen-bond acceptors (Lipinski definition) is 9. The lowest BCUT2D eigenvalue weighted by atomic mass is 9.92. The second-order valence-electron chi connectivity index (χ2n) is 9.83. The highest BCUT2D eigenvalue weighted by Gasteiger charge is 2.32. The van der Waals surface area contributed by atoms with Gasteiger partial charge in [-0.25, -0.2) is 15.0 Å². The van der Waals surface area contributed by atoms with Gasteiger partial charge in [-0.1, -0.05) is 30.8 Å². The molecule has 0 unspecified atom stereocenters. The first-order valence-electron chi connectivity index (χ1n) is 12.8. The molecule has 1 fully saturated rings. The maximum Gasteiger partial charge on any atom is 0.255 e. The molecule has 0 amide bonds. The summed E-state index contributed by atoms with van der Waals surface area (Å²) in [6.07, 6.45) is 4.61. The summed E-state index contributed by atoms with van der Waals surface area (Å²) in [6, 6.07) is 12.5. The molecule has 1 aliphatic heterocycles. The van der Waals surface area contributed by atoms with E-state index in [9.17, 15) is 0 Å². The Morgan fingerprint density at radius 1 is 1.16 bits per heavy atom. The lowest BCUT2D eigenvalue weighted by Gasteiger charge is -2.43. The van der Waals surface area contributed by atoms with E-state index in [0.29, 0.717) is 11.7 Å². The molecular weight excluding hydrogens is 498 g/mol. The third-order valence-corrected chi connectivity index (χ3v) is 8.24. The van der Waals surface area contributed by atoms with Crippen LogP contribution in [0.3, 0.4) is 0 Å². The number of nitrogens with zero attached hydrogens (tertiary/aromatic N) is 8. The number of anilines is 2. The van der Waals surface area contributed by atoms with Crippen molar-refractivity contribution in [3.8, 4) is 5.75 Å². The molecule has 0 radical (unpaired) electrons. The molecule has 1 saturated heterocycles. The summed E-state index contributed by atoms with van der Waals surface area (Å²) in [4.78, 5) is 26.3. The van der Waals surface area contributed by atoms with Crippen molar-refractivity contribution in [2.45, 2.75) is 37.2 Å². The molecule has 0 spiro atoms. The van der Waals surface area contributed by atoms with Crippen molar-refractivity contribution in [3.05, 3.63) is 60.2 Å². The SMILES string of the molecule is COc1ccc(CSc2nc3nc(C)cc(N4CC[C@@H](C)[C@@H](N(C)c5ncnc6[nH]ccc56)C4)n3n2)cc1. The van der Waals surface area contributed by atoms with Crippen LogP contribution in [-0.2, 0) is 5.75 Å². The standard InChI is InChI=1S/C27H31N9OS/c1-17-10-12-35(14-22(17)34(3)25-21-9-11-28-24(21)29-16-30-25)23-13-18(2)31-26-32-27(33-36(23)26)38-15-19-5-7-20(37-4)8-6-19/h5-9,11,13,16-17,22H,10,12,14-15H2,1-4H3,(H,28,29,30)/t17-,22+/m1/s1. The molecule has 0 bridgehead atoms. The van der Waals surface area contributed by atoms with Crippen LogP contribution in [-0.4, -0.2) is 67.8 Å². The zero-order valence-corrected chi connectivity index (χ0v) is 22.8. The van der Waals surface area contributed by atoms with E-state index >= 15 is 0 Å². The van der Waals surface area contributed by atoms with Gasteiger partial charge >= 0.3 is 0 Å². The average molecular weight is 530 g/mol. The number of benzene rings is 1. The zero-order valence-electron chi connectivity index (χ0n) is 22.0. The predicted molar refractivity (Wildman–Crippen MR) is 150 cm³/mol. The Morgan fingerprint density at radius 2 is 2.00 bits per heavy atom. The van der Waals surface area contributed by atoms with Crippen LogP contribution in [0, 0.1) is 12.8 Å². The van der Waals surface area contributed by atoms with Gasteiger partial charge in [-0.05, 0) is 43.0 Å². The smallest absolute Gasteiger partial charge is 0.255 e. The number of ether oxygens (including phenoxy) is 1. The molecule has 5 aromatic rings. The zero-order chi connectivity index (χ0) is 26.2. The van der Waals surface area contributed by atoms with Crippen molar-refractivity contribution in [1.82, 2.24) is 34.5 Å². The second-order valence-corrected chi connectivity index (χ2v) is 10.8. The Kier molecular flexibility index (Phi) is 6.52. The Balaban J connectivity index is 1.25. The number of likely N-dealkylation sites (N-methyl/N-ethyl adjacent to an activating group) is 1. The molecule has 1 N–H and O–H groups in total. The van der Waals surface area contributed by atoms with Gasteiger partial charge in [0, 0.05) is 43.8 Å². The van der Waals surface area contributed by atoms with E-state index in [1.165, 1.54) is 5.56 Å². The maximum atomic E-state index is 5.26. The number of H-pyrrole nitrogens is 1. The van der Waals surface area contributed by atoms with Gasteiger partial charge in [-0.3, -0.25) is 0 Å². The Bertz CT molecular complexity index is 1560. The van der Waals surface area contributed by atoms with Gasteiger partial charge in [0.15, 0.2) is 0 Å². The number of nitrogens with one attached hydrogen (secondary N) is 1. The number of aryl methyl sites for hydroxylation is 1. The highest BCUT2D eigenvalue weighted by Crippen LogP contribution is 2.31. The molecule has 1 aliphatic rings. The number of aromatic nitrogens is 7. The number of methoxy groups -OCH3 is 1. The van der Waals surface area contributed by atoms with E-state index in [0.717, 1.165) is 64.5 Å². The quantitative estimate of drug-likeness (QED) is 0.308. The molecule has 11 heteroatoms. The van der Waals surface area contributed by atoms with E-state index in [1.807, 2.05) is 35.8 Å². The lowest BCUT2D eigenvalue weighted by Crippen LogP contribution is -2.51. The number of hydrogen-bond donors (Lipinski definition) is 1. The van der Waals surface area contributed by atoms with Crippen molar-refractivity contribution in [1.29, 1.82) is 0 Å². The summed E-state index contributed by atoms with van der Waals surface area (Å²) in [7, 11) is 3.81. The largest absolute Gasteiger partial charge is 0.497 e. The maximum absolute atomic E-state index is 5.26. The van der Waals surface area contributed by atoms with E-state index in [-0.39, 0.29) is 6.04 Å². The second kappa shape index (κ2) is 10.1. The number of aromatic amines is 1. The van der Waals surface area contributed by atoms with Gasteiger partial charge in [0.1, 0.15) is 29.4 Å². The van der Waals surface area contributed by atoms with Crippen molar-refractivity contribution < 1.29 is 4.74 Å². The van der Waals surface area contributed by atoms with Crippen LogP contribution in [0.2, 0.25) is 0 Å². The summed E-state index contributed by atoms with van der Waals surface area (Å²) in [6.45, 7) is 6.13. The van der Waals surface area contributed by atoms with Crippen LogP contribution >= 0.6 is 11.8 Å². The summed E-state index contributed by atoms with van der Waals surface area (Å²) in [5.74, 6) is 4.73. The van der Waals surface area contributed by atoms with Crippen LogP contribution in [0.4, 0.5) is 11.6 Å². The van der Waals surface area contributed by atoms with Gasteiger partial charge in [0.05, 0.1) is 18.5 Å². The van der Waals surface area contributed by atoms with Crippen LogP contribution in [0.5, 0.6) is 5.75 Å². The van der Waals surface area contributed by atoms with Crippen LogP contribution in [0.15, 0.2) is 54.1 Å². The average Bonchev–Trinajstić information content (AvgIpc) is 3.58. The molecule has 5 heterocycles. The van der Waals surface area contributed by atoms with Crippen LogP contribution in [0.1, 0.15) is 24.6 Å². The minimum atomic E-state index is 0.271. The highest BCUT2D eigenvalue weighted by molar-refractivity contribution is 7.98. The molecule has 2 atom stereocenters. The molecule has 0 aliphatic carbocycles. The van der Waals surface area contributed by atoms with Gasteiger partial charge in [0.2, 0.25) is 5.16 Å². The Hall–Kier alpha value is -3.86. The fourth-order valence-corrected chi connectivity index (χ4v) is 5.94. The predicted octanol–water partition coefficient (Wildman–Crippen LogP) is 4.36. The molecule has 196 valence electrons. The summed E-state index contributed by atoms with van der Waals surface area (Å²) in [5, 5.41) is 6.62. The number of fused-ring (bicyclic) bond motifs is 2.